The quantitative estimate of drug-likeness (QED) is 0.442. The third-order valence-electron chi connectivity index (χ3n) is 2.49. The number of halogens is 1. The van der Waals surface area contributed by atoms with E-state index >= 15 is 0 Å². The molecule has 2 nitrogen and oxygen atoms in total. The van der Waals surface area contributed by atoms with Crippen molar-refractivity contribution in [1.29, 1.82) is 0 Å². The molecular formula is C11H24FO2P. The van der Waals surface area contributed by atoms with E-state index < -0.39 is 13.3 Å². The van der Waals surface area contributed by atoms with Gasteiger partial charge in [0, 0.05) is 0 Å². The smallest absolute Gasteiger partial charge is 0.302 e. The van der Waals surface area contributed by atoms with Crippen LogP contribution in [0.15, 0.2) is 0 Å². The lowest BCUT2D eigenvalue weighted by Crippen LogP contribution is -2.12. The zero-order valence-electron chi connectivity index (χ0n) is 10.3. The standard InChI is InChI=1S/C11H24FO2P/c1-5-7-8-9-11(6-2)14-15(12,13)10(3)4/h10-11H,5-9H2,1-4H3. The van der Waals surface area contributed by atoms with Crippen LogP contribution in [-0.4, -0.2) is 11.8 Å². The fourth-order valence-corrected chi connectivity index (χ4v) is 2.18. The molecule has 0 heterocycles. The summed E-state index contributed by atoms with van der Waals surface area (Å²) in [7, 11) is -3.89. The molecule has 0 aliphatic rings. The van der Waals surface area contributed by atoms with Gasteiger partial charge in [-0.3, -0.25) is 4.57 Å². The van der Waals surface area contributed by atoms with Crippen molar-refractivity contribution < 1.29 is 13.3 Å². The van der Waals surface area contributed by atoms with Gasteiger partial charge in [-0.25, -0.2) is 0 Å². The molecule has 4 heteroatoms. The number of hydrogen-bond acceptors (Lipinski definition) is 2. The normalized spacial score (nSPS) is 17.7. The highest BCUT2D eigenvalue weighted by molar-refractivity contribution is 7.54. The molecule has 0 aliphatic carbocycles. The Labute approximate surface area is 93.2 Å². The van der Waals surface area contributed by atoms with Crippen LogP contribution in [0.25, 0.3) is 0 Å². The highest BCUT2D eigenvalue weighted by Crippen LogP contribution is 2.54. The van der Waals surface area contributed by atoms with Crippen LogP contribution in [0, 0.1) is 0 Å². The van der Waals surface area contributed by atoms with Crippen molar-refractivity contribution in [2.45, 2.75) is 71.6 Å². The maximum Gasteiger partial charge on any atom is 0.370 e. The highest BCUT2D eigenvalue weighted by atomic mass is 31.2. The first-order valence-electron chi connectivity index (χ1n) is 5.91. The van der Waals surface area contributed by atoms with Gasteiger partial charge < -0.3 is 4.52 Å². The highest BCUT2D eigenvalue weighted by Gasteiger charge is 2.30. The number of unbranched alkanes of at least 4 members (excludes halogenated alkanes) is 2. The Hall–Kier alpha value is 0.120. The minimum absolute atomic E-state index is 0.185. The fourth-order valence-electron chi connectivity index (χ4n) is 1.28. The Morgan fingerprint density at radius 3 is 2.27 bits per heavy atom. The summed E-state index contributed by atoms with van der Waals surface area (Å²) in [5.41, 5.74) is -0.530. The molecule has 0 rings (SSSR count). The van der Waals surface area contributed by atoms with Crippen LogP contribution >= 0.6 is 7.68 Å². The molecule has 0 aromatic heterocycles. The van der Waals surface area contributed by atoms with Crippen LogP contribution in [0.4, 0.5) is 4.20 Å². The second-order valence-electron chi connectivity index (χ2n) is 4.25. The van der Waals surface area contributed by atoms with Crippen molar-refractivity contribution in [3.63, 3.8) is 0 Å². The van der Waals surface area contributed by atoms with Crippen LogP contribution in [0.5, 0.6) is 0 Å². The Balaban J connectivity index is 4.03. The lowest BCUT2D eigenvalue weighted by atomic mass is 10.1. The summed E-state index contributed by atoms with van der Waals surface area (Å²) < 4.78 is 30.0. The first-order valence-corrected chi connectivity index (χ1v) is 7.50. The van der Waals surface area contributed by atoms with E-state index in [-0.39, 0.29) is 6.10 Å². The molecular weight excluding hydrogens is 214 g/mol. The first kappa shape index (κ1) is 15.1. The van der Waals surface area contributed by atoms with Crippen LogP contribution in [0.3, 0.4) is 0 Å². The summed E-state index contributed by atoms with van der Waals surface area (Å²) in [6, 6.07) is 0. The molecule has 0 saturated carbocycles. The van der Waals surface area contributed by atoms with E-state index in [0.717, 1.165) is 32.1 Å². The van der Waals surface area contributed by atoms with E-state index in [0.29, 0.717) is 0 Å². The molecule has 0 saturated heterocycles. The zero-order chi connectivity index (χ0) is 11.9. The van der Waals surface area contributed by atoms with Gasteiger partial charge >= 0.3 is 7.68 Å². The molecule has 0 amide bonds. The van der Waals surface area contributed by atoms with Crippen molar-refractivity contribution in [2.75, 3.05) is 0 Å². The molecule has 0 radical (unpaired) electrons. The minimum Gasteiger partial charge on any atom is -0.302 e. The largest absolute Gasteiger partial charge is 0.370 e. The van der Waals surface area contributed by atoms with Crippen molar-refractivity contribution in [1.82, 2.24) is 0 Å². The third kappa shape index (κ3) is 6.32. The lowest BCUT2D eigenvalue weighted by Gasteiger charge is -2.20. The predicted molar refractivity (Wildman–Crippen MR) is 63.2 cm³/mol. The van der Waals surface area contributed by atoms with Crippen molar-refractivity contribution in [3.05, 3.63) is 0 Å². The van der Waals surface area contributed by atoms with Crippen molar-refractivity contribution in [2.24, 2.45) is 0 Å². The van der Waals surface area contributed by atoms with Gasteiger partial charge in [0.25, 0.3) is 0 Å². The Kier molecular flexibility index (Phi) is 7.46. The van der Waals surface area contributed by atoms with E-state index in [4.69, 9.17) is 4.52 Å². The summed E-state index contributed by atoms with van der Waals surface area (Å²) in [4.78, 5) is 0. The van der Waals surface area contributed by atoms with Gasteiger partial charge in [0.1, 0.15) is 0 Å². The molecule has 15 heavy (non-hydrogen) atoms. The summed E-state index contributed by atoms with van der Waals surface area (Å²) in [5.74, 6) is 0. The molecule has 2 atom stereocenters. The second-order valence-corrected chi connectivity index (χ2v) is 6.53. The van der Waals surface area contributed by atoms with Gasteiger partial charge in [-0.15, -0.1) is 0 Å². The maximum absolute atomic E-state index is 13.5. The van der Waals surface area contributed by atoms with E-state index in [2.05, 4.69) is 6.92 Å². The van der Waals surface area contributed by atoms with E-state index in [1.54, 1.807) is 13.8 Å². The zero-order valence-corrected chi connectivity index (χ0v) is 11.2. The average Bonchev–Trinajstić information content (AvgIpc) is 2.16. The van der Waals surface area contributed by atoms with Gasteiger partial charge in [-0.1, -0.05) is 47.0 Å². The molecule has 0 spiro atoms. The number of hydrogen-bond donors (Lipinski definition) is 0. The van der Waals surface area contributed by atoms with Gasteiger partial charge in [-0.05, 0) is 12.8 Å². The maximum atomic E-state index is 13.5. The van der Waals surface area contributed by atoms with Crippen molar-refractivity contribution in [3.8, 4) is 0 Å². The molecule has 0 N–H and O–H groups in total. The summed E-state index contributed by atoms with van der Waals surface area (Å²) in [5, 5.41) is 0. The lowest BCUT2D eigenvalue weighted by molar-refractivity contribution is 0.168. The Morgan fingerprint density at radius 1 is 1.27 bits per heavy atom. The van der Waals surface area contributed by atoms with E-state index in [9.17, 15) is 8.76 Å². The number of rotatable bonds is 8. The van der Waals surface area contributed by atoms with Gasteiger partial charge in [0.2, 0.25) is 0 Å². The van der Waals surface area contributed by atoms with E-state index in [1.807, 2.05) is 6.92 Å². The summed E-state index contributed by atoms with van der Waals surface area (Å²) in [6.45, 7) is 7.26. The van der Waals surface area contributed by atoms with Gasteiger partial charge in [0.15, 0.2) is 0 Å². The molecule has 92 valence electrons. The van der Waals surface area contributed by atoms with Gasteiger partial charge in [-0.2, -0.15) is 4.20 Å². The predicted octanol–water partition coefficient (Wildman–Crippen LogP) is 4.93. The van der Waals surface area contributed by atoms with E-state index in [1.165, 1.54) is 0 Å². The molecule has 0 fully saturated rings. The molecule has 0 aliphatic heterocycles. The molecule has 0 aromatic rings. The fraction of sp³-hybridized carbons (Fsp3) is 1.00. The van der Waals surface area contributed by atoms with Gasteiger partial charge in [0.05, 0.1) is 11.8 Å². The topological polar surface area (TPSA) is 26.3 Å². The third-order valence-corrected chi connectivity index (χ3v) is 4.31. The molecule has 0 aromatic carbocycles. The van der Waals surface area contributed by atoms with Crippen LogP contribution in [0.2, 0.25) is 0 Å². The van der Waals surface area contributed by atoms with Crippen LogP contribution in [-0.2, 0) is 9.09 Å². The van der Waals surface area contributed by atoms with Crippen molar-refractivity contribution >= 4 is 7.68 Å². The summed E-state index contributed by atoms with van der Waals surface area (Å²) >= 11 is 0. The van der Waals surface area contributed by atoms with Crippen LogP contribution in [0.1, 0.15) is 59.8 Å². The Bertz CT molecular complexity index is 207. The first-order chi connectivity index (χ1) is 6.94. The monoisotopic (exact) mass is 238 g/mol. The van der Waals surface area contributed by atoms with Crippen LogP contribution < -0.4 is 0 Å². The molecule has 0 bridgehead atoms. The molecule has 2 unspecified atom stereocenters. The SMILES string of the molecule is CCCCCC(CC)OP(=O)(F)C(C)C. The average molecular weight is 238 g/mol. The Morgan fingerprint density at radius 2 is 1.87 bits per heavy atom. The minimum atomic E-state index is -3.89. The summed E-state index contributed by atoms with van der Waals surface area (Å²) in [6.07, 6.45) is 4.63. The second kappa shape index (κ2) is 7.40.